The van der Waals surface area contributed by atoms with Crippen LogP contribution in [0.4, 0.5) is 5.69 Å². The zero-order chi connectivity index (χ0) is 39.7. The Hall–Kier alpha value is -3.00. The number of aryl methyl sites for hydroxylation is 1. The highest BCUT2D eigenvalue weighted by atomic mass is 35.5. The maximum absolute atomic E-state index is 13.4. The molecular weight excluding hydrogens is 752 g/mol. The van der Waals surface area contributed by atoms with Crippen LogP contribution >= 0.6 is 11.6 Å². The minimum absolute atomic E-state index is 0.0388. The van der Waals surface area contributed by atoms with Crippen molar-refractivity contribution in [3.05, 3.63) is 70.3 Å². The number of allylic oxidation sites excluding steroid dienone is 1. The van der Waals surface area contributed by atoms with Gasteiger partial charge >= 0.3 is 0 Å². The summed E-state index contributed by atoms with van der Waals surface area (Å²) in [5, 5.41) is 3.23. The Bertz CT molecular complexity index is 1900. The van der Waals surface area contributed by atoms with E-state index in [-0.39, 0.29) is 28.7 Å². The number of halogens is 1. The zero-order valence-electron chi connectivity index (χ0n) is 33.4. The minimum Gasteiger partial charge on any atom is -0.490 e. The normalized spacial score (nSPS) is 33.0. The third-order valence-electron chi connectivity index (χ3n) is 13.4. The number of anilines is 1. The number of nitrogens with zero attached hydrogens (tertiary/aromatic N) is 2. The van der Waals surface area contributed by atoms with Gasteiger partial charge in [-0.05, 0) is 119 Å². The molecule has 2 aromatic carbocycles. The number of sulfonamides is 1. The largest absolute Gasteiger partial charge is 0.490 e. The van der Waals surface area contributed by atoms with Crippen LogP contribution in [0.3, 0.4) is 0 Å². The lowest BCUT2D eigenvalue weighted by atomic mass is 9.64. The Kier molecular flexibility index (Phi) is 12.3. The van der Waals surface area contributed by atoms with Gasteiger partial charge in [0.15, 0.2) is 6.29 Å². The van der Waals surface area contributed by atoms with E-state index in [9.17, 15) is 18.0 Å². The van der Waals surface area contributed by atoms with Crippen LogP contribution in [0.15, 0.2) is 48.6 Å². The van der Waals surface area contributed by atoms with E-state index in [4.69, 9.17) is 25.8 Å². The van der Waals surface area contributed by atoms with Gasteiger partial charge in [-0.25, -0.2) is 13.1 Å². The summed E-state index contributed by atoms with van der Waals surface area (Å²) < 4.78 is 47.0. The Morgan fingerprint density at radius 1 is 1.07 bits per heavy atom. The van der Waals surface area contributed by atoms with E-state index < -0.39 is 26.8 Å². The monoisotopic (exact) mass is 810 g/mol. The first kappa shape index (κ1) is 41.2. The first-order valence-electron chi connectivity index (χ1n) is 20.5. The molecule has 1 saturated carbocycles. The highest BCUT2D eigenvalue weighted by Gasteiger charge is 2.49. The zero-order valence-corrected chi connectivity index (χ0v) is 34.9. The van der Waals surface area contributed by atoms with E-state index in [2.05, 4.69) is 38.9 Å². The number of hydrogen-bond donors (Lipinski definition) is 2. The van der Waals surface area contributed by atoms with Crippen molar-refractivity contribution >= 4 is 39.5 Å². The lowest BCUT2D eigenvalue weighted by Gasteiger charge is -2.49. The summed E-state index contributed by atoms with van der Waals surface area (Å²) in [6.07, 6.45) is 9.75. The summed E-state index contributed by atoms with van der Waals surface area (Å²) in [6, 6.07) is 11.3. The fourth-order valence-electron chi connectivity index (χ4n) is 9.64. The van der Waals surface area contributed by atoms with Gasteiger partial charge in [-0.3, -0.25) is 14.5 Å². The molecule has 2 bridgehead atoms. The molecule has 306 valence electrons. The molecule has 4 heterocycles. The number of benzene rings is 2. The third-order valence-corrected chi connectivity index (χ3v) is 15.6. The fraction of sp³-hybridized carbons (Fsp3) is 0.628. The molecular formula is C43H59ClN4O7S. The quantitative estimate of drug-likeness (QED) is 0.301. The summed E-state index contributed by atoms with van der Waals surface area (Å²) >= 11 is 6.41. The molecule has 8 rings (SSSR count). The van der Waals surface area contributed by atoms with Gasteiger partial charge in [0.1, 0.15) is 11.4 Å². The highest BCUT2D eigenvalue weighted by Crippen LogP contribution is 2.49. The van der Waals surface area contributed by atoms with Crippen LogP contribution in [0.25, 0.3) is 0 Å². The van der Waals surface area contributed by atoms with Crippen LogP contribution in [0.1, 0.15) is 81.3 Å². The molecule has 6 aliphatic rings. The molecule has 13 heteroatoms. The maximum atomic E-state index is 13.4. The van der Waals surface area contributed by atoms with Crippen LogP contribution in [0.2, 0.25) is 5.02 Å². The minimum atomic E-state index is -3.98. The first-order chi connectivity index (χ1) is 26.8. The van der Waals surface area contributed by atoms with Crippen molar-refractivity contribution in [2.45, 2.75) is 88.0 Å². The van der Waals surface area contributed by atoms with Gasteiger partial charge in [0, 0.05) is 67.8 Å². The number of carbonyl (C=O) groups is 2. The second kappa shape index (κ2) is 16.7. The second-order valence-corrected chi connectivity index (χ2v) is 19.6. The van der Waals surface area contributed by atoms with Gasteiger partial charge in [0.05, 0.1) is 36.3 Å². The number of hydrogen-bond acceptors (Lipinski definition) is 10. The molecule has 2 aliphatic carbocycles. The maximum Gasteiger partial charge on any atom is 0.264 e. The Morgan fingerprint density at radius 3 is 2.54 bits per heavy atom. The summed E-state index contributed by atoms with van der Waals surface area (Å²) in [5.74, 6) is -0.192. The summed E-state index contributed by atoms with van der Waals surface area (Å²) in [5.41, 5.74) is 2.43. The molecule has 56 heavy (non-hydrogen) atoms. The van der Waals surface area contributed by atoms with Crippen molar-refractivity contribution in [2.24, 2.45) is 17.8 Å². The molecule has 6 atom stereocenters. The Labute approximate surface area is 337 Å². The van der Waals surface area contributed by atoms with Crippen molar-refractivity contribution in [1.82, 2.24) is 14.9 Å². The number of aldehydes is 1. The first-order valence-corrected chi connectivity index (χ1v) is 22.4. The summed E-state index contributed by atoms with van der Waals surface area (Å²) in [7, 11) is -3.98. The lowest BCUT2D eigenvalue weighted by molar-refractivity contribution is -0.140. The van der Waals surface area contributed by atoms with Crippen molar-refractivity contribution in [3.63, 3.8) is 0 Å². The van der Waals surface area contributed by atoms with Crippen molar-refractivity contribution < 1.29 is 32.2 Å². The van der Waals surface area contributed by atoms with Crippen LogP contribution < -0.4 is 19.7 Å². The SMILES string of the molecule is CC1(N2CCNCC2)COC1.CCO[C@@]1(C=O)/C=C/C[C@H](C)[C@@H](C)S(=O)(=O)NC(=O)c2ccc3c(c2)N(C[C@@H]2CC[C@H]21)C[C@@]1(CCCc2cc(Cl)ccc21)CO3. The molecule has 1 amide bonds. The van der Waals surface area contributed by atoms with Gasteiger partial charge in [0.25, 0.3) is 5.91 Å². The lowest BCUT2D eigenvalue weighted by Crippen LogP contribution is -2.64. The number of carbonyl (C=O) groups excluding carboxylic acids is 2. The van der Waals surface area contributed by atoms with Gasteiger partial charge in [-0.1, -0.05) is 30.7 Å². The van der Waals surface area contributed by atoms with Gasteiger partial charge in [0.2, 0.25) is 10.0 Å². The number of piperazine rings is 1. The van der Waals surface area contributed by atoms with E-state index >= 15 is 0 Å². The molecule has 2 saturated heterocycles. The van der Waals surface area contributed by atoms with Crippen LogP contribution in [-0.4, -0.2) is 108 Å². The van der Waals surface area contributed by atoms with E-state index in [1.165, 1.54) is 24.2 Å². The molecule has 0 radical (unpaired) electrons. The van der Waals surface area contributed by atoms with E-state index in [1.807, 2.05) is 32.1 Å². The van der Waals surface area contributed by atoms with Crippen molar-refractivity contribution in [3.8, 4) is 5.75 Å². The van der Waals surface area contributed by atoms with E-state index in [0.29, 0.717) is 44.0 Å². The molecule has 1 spiro atoms. The Morgan fingerprint density at radius 2 is 1.86 bits per heavy atom. The second-order valence-electron chi connectivity index (χ2n) is 17.2. The predicted molar refractivity (Wildman–Crippen MR) is 219 cm³/mol. The summed E-state index contributed by atoms with van der Waals surface area (Å²) in [6.45, 7) is 16.2. The fourth-order valence-corrected chi connectivity index (χ4v) is 11.1. The molecule has 2 N–H and O–H groups in total. The van der Waals surface area contributed by atoms with Crippen molar-refractivity contribution in [1.29, 1.82) is 0 Å². The molecule has 0 aromatic heterocycles. The van der Waals surface area contributed by atoms with Gasteiger partial charge in [-0.2, -0.15) is 0 Å². The highest BCUT2D eigenvalue weighted by molar-refractivity contribution is 7.90. The standard InChI is InChI=1S/C35H43ClN2O6S.C8H16N2O/c1-4-44-35(21-39)16-5-7-23(2)24(3)45(41,42)37-33(40)26-10-14-32-31(18-26)38(19-27-9-12-30(27)35)20-34(22-43-32)15-6-8-25-17-28(36)11-13-29(25)34;1-8(6-11-7-8)10-4-2-9-3-5-10/h5,10-11,13-14,16-18,21,23-24,27,30H,4,6-9,12,15,19-20,22H2,1-3H3,(H,37,40);9H,2-7H2,1H3/b16-5+;/t23-,24+,27-,30+,34-,35+;/m0./s1. The number of amides is 1. The number of nitrogens with one attached hydrogen (secondary N) is 2. The molecule has 0 unspecified atom stereocenters. The predicted octanol–water partition coefficient (Wildman–Crippen LogP) is 5.54. The van der Waals surface area contributed by atoms with Gasteiger partial charge in [-0.15, -0.1) is 0 Å². The smallest absolute Gasteiger partial charge is 0.264 e. The number of ether oxygens (including phenoxy) is 3. The third kappa shape index (κ3) is 8.16. The average Bonchev–Trinajstić information content (AvgIpc) is 3.31. The Balaban J connectivity index is 0.000000373. The van der Waals surface area contributed by atoms with Gasteiger partial charge < -0.3 is 24.4 Å². The van der Waals surface area contributed by atoms with E-state index in [1.54, 1.807) is 25.1 Å². The van der Waals surface area contributed by atoms with Crippen LogP contribution in [0.5, 0.6) is 5.75 Å². The molecule has 4 aliphatic heterocycles. The van der Waals surface area contributed by atoms with Crippen LogP contribution in [-0.2, 0) is 36.1 Å². The number of rotatable bonds is 4. The molecule has 11 nitrogen and oxygen atoms in total. The summed E-state index contributed by atoms with van der Waals surface area (Å²) in [4.78, 5) is 31.1. The molecule has 3 fully saturated rings. The molecule has 2 aromatic rings. The number of fused-ring (bicyclic) bond motifs is 4. The van der Waals surface area contributed by atoms with Crippen LogP contribution in [0, 0.1) is 17.8 Å². The average molecular weight is 811 g/mol. The topological polar surface area (TPSA) is 127 Å². The van der Waals surface area contributed by atoms with Crippen molar-refractivity contribution in [2.75, 3.05) is 70.6 Å². The van der Waals surface area contributed by atoms with E-state index in [0.717, 1.165) is 75.4 Å².